The highest BCUT2D eigenvalue weighted by atomic mass is 16.5. The molecule has 2 heterocycles. The van der Waals surface area contributed by atoms with Gasteiger partial charge in [-0.2, -0.15) is 5.26 Å². The third-order valence-corrected chi connectivity index (χ3v) is 3.97. The van der Waals surface area contributed by atoms with E-state index >= 15 is 0 Å². The van der Waals surface area contributed by atoms with Crippen molar-refractivity contribution in [2.45, 2.75) is 20.1 Å². The average molecular weight is 338 g/mol. The lowest BCUT2D eigenvalue weighted by Gasteiger charge is -2.32. The molecule has 7 heteroatoms. The molecule has 0 fully saturated rings. The molecule has 1 aliphatic rings. The first-order valence-corrected chi connectivity index (χ1v) is 7.99. The molecular formula is C18H18N4O3. The van der Waals surface area contributed by atoms with E-state index in [1.54, 1.807) is 6.92 Å². The van der Waals surface area contributed by atoms with E-state index < -0.39 is 11.5 Å². The summed E-state index contributed by atoms with van der Waals surface area (Å²) in [5, 5.41) is 12.3. The summed E-state index contributed by atoms with van der Waals surface area (Å²) in [7, 11) is 0. The van der Waals surface area contributed by atoms with Crippen LogP contribution in [0.15, 0.2) is 41.2 Å². The highest BCUT2D eigenvalue weighted by molar-refractivity contribution is 5.95. The molecule has 0 spiro atoms. The molecule has 1 aromatic heterocycles. The Labute approximate surface area is 145 Å². The summed E-state index contributed by atoms with van der Waals surface area (Å²) >= 11 is 0. The number of aromatic nitrogens is 1. The van der Waals surface area contributed by atoms with E-state index in [0.29, 0.717) is 19.0 Å². The van der Waals surface area contributed by atoms with Gasteiger partial charge in [0.15, 0.2) is 0 Å². The summed E-state index contributed by atoms with van der Waals surface area (Å²) in [6.07, 6.45) is 0. The first-order valence-electron chi connectivity index (χ1n) is 7.99. The van der Waals surface area contributed by atoms with E-state index in [2.05, 4.69) is 5.32 Å². The lowest BCUT2D eigenvalue weighted by molar-refractivity contribution is 0.0525. The Morgan fingerprint density at radius 2 is 2.12 bits per heavy atom. The number of ether oxygens (including phenoxy) is 1. The van der Waals surface area contributed by atoms with Crippen molar-refractivity contribution in [2.75, 3.05) is 18.6 Å². The zero-order chi connectivity index (χ0) is 17.8. The number of carbonyl (C=O) groups excluding carboxylic acids is 1. The minimum atomic E-state index is -0.549. The van der Waals surface area contributed by atoms with Crippen molar-refractivity contribution in [1.29, 1.82) is 5.26 Å². The minimum absolute atomic E-state index is 0.0739. The third-order valence-electron chi connectivity index (χ3n) is 3.97. The molecule has 0 amide bonds. The number of nitrogens with one attached hydrogen (secondary N) is 1. The SMILES string of the molecule is CCOC(=O)c1cc(C#N)c(=O)n2c1NCN(Cc1ccccc1)C2. The third kappa shape index (κ3) is 3.39. The number of hydrogen-bond acceptors (Lipinski definition) is 6. The lowest BCUT2D eigenvalue weighted by Crippen LogP contribution is -2.43. The number of carbonyl (C=O) groups is 1. The van der Waals surface area contributed by atoms with Crippen LogP contribution in [0.25, 0.3) is 0 Å². The van der Waals surface area contributed by atoms with Gasteiger partial charge in [-0.05, 0) is 18.6 Å². The largest absolute Gasteiger partial charge is 0.462 e. The Kier molecular flexibility index (Phi) is 4.82. The van der Waals surface area contributed by atoms with E-state index in [4.69, 9.17) is 4.74 Å². The molecule has 0 radical (unpaired) electrons. The van der Waals surface area contributed by atoms with Crippen molar-refractivity contribution >= 4 is 11.8 Å². The van der Waals surface area contributed by atoms with E-state index in [-0.39, 0.29) is 24.4 Å². The van der Waals surface area contributed by atoms with Crippen molar-refractivity contribution in [3.63, 3.8) is 0 Å². The number of esters is 1. The van der Waals surface area contributed by atoms with Gasteiger partial charge in [0.05, 0.1) is 19.9 Å². The molecule has 0 atom stereocenters. The van der Waals surface area contributed by atoms with E-state index in [1.165, 1.54) is 10.6 Å². The first kappa shape index (κ1) is 16.7. The van der Waals surface area contributed by atoms with Crippen LogP contribution in [0.5, 0.6) is 0 Å². The van der Waals surface area contributed by atoms with Crippen molar-refractivity contribution in [1.82, 2.24) is 9.47 Å². The fourth-order valence-corrected chi connectivity index (χ4v) is 2.82. The Morgan fingerprint density at radius 1 is 1.36 bits per heavy atom. The predicted molar refractivity (Wildman–Crippen MR) is 91.8 cm³/mol. The van der Waals surface area contributed by atoms with Crippen LogP contribution in [-0.2, 0) is 18.0 Å². The second kappa shape index (κ2) is 7.20. The van der Waals surface area contributed by atoms with Crippen LogP contribution in [-0.4, -0.2) is 28.7 Å². The fourth-order valence-electron chi connectivity index (χ4n) is 2.82. The topological polar surface area (TPSA) is 87.4 Å². The molecule has 3 rings (SSSR count). The molecular weight excluding hydrogens is 320 g/mol. The van der Waals surface area contributed by atoms with Gasteiger partial charge in [0.2, 0.25) is 0 Å². The highest BCUT2D eigenvalue weighted by Crippen LogP contribution is 2.21. The van der Waals surface area contributed by atoms with Crippen LogP contribution in [0.4, 0.5) is 5.82 Å². The van der Waals surface area contributed by atoms with Gasteiger partial charge in [-0.1, -0.05) is 30.3 Å². The highest BCUT2D eigenvalue weighted by Gasteiger charge is 2.25. The lowest BCUT2D eigenvalue weighted by atomic mass is 10.1. The molecule has 0 saturated carbocycles. The zero-order valence-electron chi connectivity index (χ0n) is 13.9. The molecule has 0 aliphatic carbocycles. The predicted octanol–water partition coefficient (Wildman–Crippen LogP) is 1.74. The summed E-state index contributed by atoms with van der Waals surface area (Å²) in [6, 6.07) is 13.0. The number of nitriles is 1. The van der Waals surface area contributed by atoms with Gasteiger partial charge in [-0.3, -0.25) is 14.3 Å². The molecule has 25 heavy (non-hydrogen) atoms. The fraction of sp³-hybridized carbons (Fsp3) is 0.278. The van der Waals surface area contributed by atoms with Crippen LogP contribution in [0, 0.1) is 11.3 Å². The monoisotopic (exact) mass is 338 g/mol. The molecule has 0 unspecified atom stereocenters. The number of benzene rings is 1. The standard InChI is InChI=1S/C18H18N4O3/c1-2-25-18(24)15-8-14(9-19)17(23)22-12-21(11-20-16(15)22)10-13-6-4-3-5-7-13/h3-8,20H,2,10-12H2,1H3. The Bertz CT molecular complexity index is 884. The van der Waals surface area contributed by atoms with E-state index in [0.717, 1.165) is 5.56 Å². The van der Waals surface area contributed by atoms with Gasteiger partial charge in [0.25, 0.3) is 5.56 Å². The number of fused-ring (bicyclic) bond motifs is 1. The maximum atomic E-state index is 12.5. The van der Waals surface area contributed by atoms with Gasteiger partial charge in [0.1, 0.15) is 23.0 Å². The number of anilines is 1. The summed E-state index contributed by atoms with van der Waals surface area (Å²) in [5.41, 5.74) is 0.825. The molecule has 1 aromatic carbocycles. The van der Waals surface area contributed by atoms with Gasteiger partial charge in [-0.25, -0.2) is 4.79 Å². The van der Waals surface area contributed by atoms with Crippen molar-refractivity contribution in [2.24, 2.45) is 0 Å². The Morgan fingerprint density at radius 3 is 2.80 bits per heavy atom. The normalized spacial score (nSPS) is 13.4. The summed E-state index contributed by atoms with van der Waals surface area (Å²) < 4.78 is 6.45. The maximum absolute atomic E-state index is 12.5. The Hall–Kier alpha value is -3.11. The van der Waals surface area contributed by atoms with E-state index in [9.17, 15) is 14.9 Å². The second-order valence-corrected chi connectivity index (χ2v) is 5.68. The van der Waals surface area contributed by atoms with Gasteiger partial charge < -0.3 is 10.1 Å². The van der Waals surface area contributed by atoms with Crippen LogP contribution in [0.3, 0.4) is 0 Å². The molecule has 0 saturated heterocycles. The van der Waals surface area contributed by atoms with Crippen molar-refractivity contribution < 1.29 is 9.53 Å². The number of nitrogens with zero attached hydrogens (tertiary/aromatic N) is 3. The number of rotatable bonds is 4. The quantitative estimate of drug-likeness (QED) is 0.855. The minimum Gasteiger partial charge on any atom is -0.462 e. The van der Waals surface area contributed by atoms with Crippen molar-refractivity contribution in [3.8, 4) is 6.07 Å². The van der Waals surface area contributed by atoms with Gasteiger partial charge in [0, 0.05) is 6.54 Å². The summed E-state index contributed by atoms with van der Waals surface area (Å²) in [5.74, 6) is -0.154. The molecule has 7 nitrogen and oxygen atoms in total. The number of hydrogen-bond donors (Lipinski definition) is 1. The van der Waals surface area contributed by atoms with Gasteiger partial charge in [-0.15, -0.1) is 0 Å². The smallest absolute Gasteiger partial charge is 0.341 e. The molecule has 0 bridgehead atoms. The average Bonchev–Trinajstić information content (AvgIpc) is 2.63. The van der Waals surface area contributed by atoms with E-state index in [1.807, 2.05) is 41.3 Å². The van der Waals surface area contributed by atoms with Crippen LogP contribution in [0.1, 0.15) is 28.4 Å². The maximum Gasteiger partial charge on any atom is 0.341 e. The summed E-state index contributed by atoms with van der Waals surface area (Å²) in [4.78, 5) is 26.7. The van der Waals surface area contributed by atoms with Crippen LogP contribution < -0.4 is 10.9 Å². The van der Waals surface area contributed by atoms with Gasteiger partial charge >= 0.3 is 5.97 Å². The van der Waals surface area contributed by atoms with Crippen LogP contribution >= 0.6 is 0 Å². The molecule has 1 aliphatic heterocycles. The molecule has 2 aromatic rings. The first-order chi connectivity index (χ1) is 12.1. The molecule has 128 valence electrons. The molecule has 1 N–H and O–H groups in total. The van der Waals surface area contributed by atoms with Crippen molar-refractivity contribution in [3.05, 3.63) is 63.4 Å². The Balaban J connectivity index is 1.95. The second-order valence-electron chi connectivity index (χ2n) is 5.68. The summed E-state index contributed by atoms with van der Waals surface area (Å²) in [6.45, 7) is 3.34. The zero-order valence-corrected chi connectivity index (χ0v) is 13.9. The number of pyridine rings is 1. The van der Waals surface area contributed by atoms with Crippen LogP contribution in [0.2, 0.25) is 0 Å².